The molecule has 132 valence electrons. The minimum atomic E-state index is 0.267. The van der Waals surface area contributed by atoms with E-state index in [-0.39, 0.29) is 5.91 Å². The molecule has 1 amide bonds. The van der Waals surface area contributed by atoms with Gasteiger partial charge in [-0.1, -0.05) is 0 Å². The largest absolute Gasteiger partial charge is 0.497 e. The maximum absolute atomic E-state index is 12.6. The molecule has 24 heavy (non-hydrogen) atoms. The first-order chi connectivity index (χ1) is 11.7. The van der Waals surface area contributed by atoms with Gasteiger partial charge >= 0.3 is 0 Å². The highest BCUT2D eigenvalue weighted by Crippen LogP contribution is 2.32. The van der Waals surface area contributed by atoms with Gasteiger partial charge in [-0.3, -0.25) is 9.69 Å². The first-order valence-corrected chi connectivity index (χ1v) is 8.94. The SMILES string of the molecule is COc1ccc(OC)c(CN(CC(=O)N2CCCCC2)C2CC2)c1. The Kier molecular flexibility index (Phi) is 5.61. The Morgan fingerprint density at radius 2 is 1.92 bits per heavy atom. The molecule has 1 aromatic rings. The van der Waals surface area contributed by atoms with Crippen LogP contribution >= 0.6 is 0 Å². The van der Waals surface area contributed by atoms with Crippen LogP contribution in [0.4, 0.5) is 0 Å². The molecule has 1 aliphatic carbocycles. The van der Waals surface area contributed by atoms with Crippen molar-refractivity contribution in [2.24, 2.45) is 0 Å². The molecule has 0 bridgehead atoms. The average Bonchev–Trinajstić information content (AvgIpc) is 3.46. The molecular formula is C19H28N2O3. The molecule has 2 aliphatic rings. The van der Waals surface area contributed by atoms with Crippen molar-refractivity contribution in [3.8, 4) is 11.5 Å². The van der Waals surface area contributed by atoms with Crippen LogP contribution in [0.1, 0.15) is 37.7 Å². The lowest BCUT2D eigenvalue weighted by Gasteiger charge is -2.30. The van der Waals surface area contributed by atoms with Gasteiger partial charge in [0, 0.05) is 31.2 Å². The highest BCUT2D eigenvalue weighted by molar-refractivity contribution is 5.78. The number of likely N-dealkylation sites (tertiary alicyclic amines) is 1. The zero-order chi connectivity index (χ0) is 16.9. The van der Waals surface area contributed by atoms with Gasteiger partial charge in [-0.05, 0) is 50.3 Å². The van der Waals surface area contributed by atoms with Crippen molar-refractivity contribution in [2.75, 3.05) is 33.9 Å². The monoisotopic (exact) mass is 332 g/mol. The molecule has 1 saturated heterocycles. The maximum Gasteiger partial charge on any atom is 0.236 e. The molecule has 5 heteroatoms. The Balaban J connectivity index is 1.69. The summed E-state index contributed by atoms with van der Waals surface area (Å²) in [6.45, 7) is 3.06. The summed E-state index contributed by atoms with van der Waals surface area (Å²) in [5.41, 5.74) is 1.08. The summed E-state index contributed by atoms with van der Waals surface area (Å²) in [7, 11) is 3.36. The number of piperidine rings is 1. The summed E-state index contributed by atoms with van der Waals surface area (Å²) in [6.07, 6.45) is 5.88. The minimum Gasteiger partial charge on any atom is -0.497 e. The smallest absolute Gasteiger partial charge is 0.236 e. The zero-order valence-corrected chi connectivity index (χ0v) is 14.8. The van der Waals surface area contributed by atoms with Gasteiger partial charge in [0.15, 0.2) is 0 Å². The van der Waals surface area contributed by atoms with Gasteiger partial charge in [-0.25, -0.2) is 0 Å². The molecule has 0 spiro atoms. The van der Waals surface area contributed by atoms with Crippen molar-refractivity contribution in [3.05, 3.63) is 23.8 Å². The first kappa shape index (κ1) is 17.1. The Bertz CT molecular complexity index is 566. The quantitative estimate of drug-likeness (QED) is 0.770. The van der Waals surface area contributed by atoms with Crippen LogP contribution in [0.25, 0.3) is 0 Å². The Hall–Kier alpha value is -1.75. The molecule has 1 aliphatic heterocycles. The molecule has 2 fully saturated rings. The van der Waals surface area contributed by atoms with Gasteiger partial charge in [0.05, 0.1) is 20.8 Å². The average molecular weight is 332 g/mol. The van der Waals surface area contributed by atoms with E-state index in [1.807, 2.05) is 23.1 Å². The van der Waals surface area contributed by atoms with Gasteiger partial charge in [-0.15, -0.1) is 0 Å². The van der Waals surface area contributed by atoms with Gasteiger partial charge in [0.25, 0.3) is 0 Å². The van der Waals surface area contributed by atoms with Crippen LogP contribution in [-0.4, -0.2) is 55.6 Å². The second-order valence-electron chi connectivity index (χ2n) is 6.76. The van der Waals surface area contributed by atoms with Crippen LogP contribution < -0.4 is 9.47 Å². The van der Waals surface area contributed by atoms with E-state index in [1.165, 1.54) is 19.3 Å². The molecule has 0 aromatic heterocycles. The van der Waals surface area contributed by atoms with Crippen LogP contribution in [-0.2, 0) is 11.3 Å². The lowest BCUT2D eigenvalue weighted by molar-refractivity contribution is -0.133. The number of nitrogens with zero attached hydrogens (tertiary/aromatic N) is 2. The van der Waals surface area contributed by atoms with E-state index in [2.05, 4.69) is 4.90 Å². The Morgan fingerprint density at radius 1 is 1.17 bits per heavy atom. The van der Waals surface area contributed by atoms with Crippen LogP contribution in [0.5, 0.6) is 11.5 Å². The van der Waals surface area contributed by atoms with Crippen LogP contribution in [0.3, 0.4) is 0 Å². The normalized spacial score (nSPS) is 17.9. The summed E-state index contributed by atoms with van der Waals surface area (Å²) < 4.78 is 10.8. The summed E-state index contributed by atoms with van der Waals surface area (Å²) >= 11 is 0. The lowest BCUT2D eigenvalue weighted by atomic mass is 10.1. The summed E-state index contributed by atoms with van der Waals surface area (Å²) in [6, 6.07) is 6.38. The fourth-order valence-corrected chi connectivity index (χ4v) is 3.40. The molecule has 0 unspecified atom stereocenters. The van der Waals surface area contributed by atoms with Crippen molar-refractivity contribution >= 4 is 5.91 Å². The van der Waals surface area contributed by atoms with Gasteiger partial charge in [-0.2, -0.15) is 0 Å². The van der Waals surface area contributed by atoms with Gasteiger partial charge in [0.1, 0.15) is 11.5 Å². The molecule has 0 radical (unpaired) electrons. The van der Waals surface area contributed by atoms with E-state index < -0.39 is 0 Å². The molecular weight excluding hydrogens is 304 g/mol. The third-order valence-electron chi connectivity index (χ3n) is 4.97. The Labute approximate surface area is 144 Å². The molecule has 0 N–H and O–H groups in total. The number of hydrogen-bond donors (Lipinski definition) is 0. The summed E-state index contributed by atoms with van der Waals surface area (Å²) in [5, 5.41) is 0. The number of methoxy groups -OCH3 is 2. The first-order valence-electron chi connectivity index (χ1n) is 8.94. The molecule has 5 nitrogen and oxygen atoms in total. The highest BCUT2D eigenvalue weighted by Gasteiger charge is 2.32. The topological polar surface area (TPSA) is 42.0 Å². The van der Waals surface area contributed by atoms with Crippen LogP contribution in [0.2, 0.25) is 0 Å². The van der Waals surface area contributed by atoms with E-state index in [0.29, 0.717) is 12.6 Å². The minimum absolute atomic E-state index is 0.267. The molecule has 1 aromatic carbocycles. The number of carbonyl (C=O) groups excluding carboxylic acids is 1. The number of hydrogen-bond acceptors (Lipinski definition) is 4. The molecule has 1 heterocycles. The second kappa shape index (κ2) is 7.88. The van der Waals surface area contributed by atoms with Crippen LogP contribution in [0, 0.1) is 0 Å². The van der Waals surface area contributed by atoms with E-state index in [9.17, 15) is 4.79 Å². The van der Waals surface area contributed by atoms with Crippen molar-refractivity contribution < 1.29 is 14.3 Å². The number of ether oxygens (including phenoxy) is 2. The van der Waals surface area contributed by atoms with Crippen molar-refractivity contribution in [1.82, 2.24) is 9.80 Å². The standard InChI is InChI=1S/C19H28N2O3/c1-23-17-8-9-18(24-2)15(12-17)13-21(16-6-7-16)14-19(22)20-10-4-3-5-11-20/h8-9,12,16H,3-7,10-11,13-14H2,1-2H3. The lowest BCUT2D eigenvalue weighted by Crippen LogP contribution is -2.43. The summed E-state index contributed by atoms with van der Waals surface area (Å²) in [4.78, 5) is 17.0. The van der Waals surface area contributed by atoms with Crippen LogP contribution in [0.15, 0.2) is 18.2 Å². The number of rotatable bonds is 7. The van der Waals surface area contributed by atoms with Crippen molar-refractivity contribution in [1.29, 1.82) is 0 Å². The van der Waals surface area contributed by atoms with Crippen molar-refractivity contribution in [2.45, 2.75) is 44.7 Å². The fraction of sp³-hybridized carbons (Fsp3) is 0.632. The maximum atomic E-state index is 12.6. The number of carbonyl (C=O) groups is 1. The summed E-state index contributed by atoms with van der Waals surface area (Å²) in [5.74, 6) is 1.94. The molecule has 3 rings (SSSR count). The third kappa shape index (κ3) is 4.20. The Morgan fingerprint density at radius 3 is 2.54 bits per heavy atom. The van der Waals surface area contributed by atoms with Gasteiger partial charge in [0.2, 0.25) is 5.91 Å². The van der Waals surface area contributed by atoms with E-state index in [1.54, 1.807) is 14.2 Å². The molecule has 0 atom stereocenters. The fourth-order valence-electron chi connectivity index (χ4n) is 3.40. The highest BCUT2D eigenvalue weighted by atomic mass is 16.5. The third-order valence-corrected chi connectivity index (χ3v) is 4.97. The predicted octanol–water partition coefficient (Wildman–Crippen LogP) is 2.68. The zero-order valence-electron chi connectivity index (χ0n) is 14.8. The molecule has 1 saturated carbocycles. The predicted molar refractivity (Wildman–Crippen MR) is 93.4 cm³/mol. The number of benzene rings is 1. The van der Waals surface area contributed by atoms with E-state index in [0.717, 1.165) is 49.5 Å². The van der Waals surface area contributed by atoms with E-state index in [4.69, 9.17) is 9.47 Å². The van der Waals surface area contributed by atoms with Crippen molar-refractivity contribution in [3.63, 3.8) is 0 Å². The second-order valence-corrected chi connectivity index (χ2v) is 6.76. The van der Waals surface area contributed by atoms with Gasteiger partial charge < -0.3 is 14.4 Å². The van der Waals surface area contributed by atoms with E-state index >= 15 is 0 Å². The number of amides is 1.